The lowest BCUT2D eigenvalue weighted by Crippen LogP contribution is -2.42. The molecule has 0 bridgehead atoms. The predicted octanol–water partition coefficient (Wildman–Crippen LogP) is 6.32. The summed E-state index contributed by atoms with van der Waals surface area (Å²) in [6.07, 6.45) is -5.34. The second-order valence-electron chi connectivity index (χ2n) is 6.78. The summed E-state index contributed by atoms with van der Waals surface area (Å²) in [5, 5.41) is 11.6. The van der Waals surface area contributed by atoms with E-state index in [2.05, 4.69) is 5.16 Å². The van der Waals surface area contributed by atoms with E-state index in [0.29, 0.717) is 35.3 Å². The summed E-state index contributed by atoms with van der Waals surface area (Å²) >= 11 is 12.3. The van der Waals surface area contributed by atoms with Gasteiger partial charge < -0.3 is 14.7 Å². The van der Waals surface area contributed by atoms with Crippen LogP contribution in [0.4, 0.5) is 22.4 Å². The lowest BCUT2D eigenvalue weighted by Gasteiger charge is -2.29. The lowest BCUT2D eigenvalue weighted by atomic mass is 9.87. The van der Waals surface area contributed by atoms with E-state index < -0.39 is 45.8 Å². The summed E-state index contributed by atoms with van der Waals surface area (Å²) in [6.45, 7) is 0. The molecule has 0 saturated carbocycles. The standard InChI is InChI=1S/C18H11Cl2F4NO4S/c19-10-4-7(5-11(20)13(10)21)17(18(22,23)24)6-12(25-29-17)14-8-2-1-3-9(8)15(30-14)28-16(26)27/h4-5H,1-3,6H2,(H,26,27). The van der Waals surface area contributed by atoms with Gasteiger partial charge in [0, 0.05) is 11.1 Å². The zero-order valence-corrected chi connectivity index (χ0v) is 17.1. The van der Waals surface area contributed by atoms with Gasteiger partial charge in [-0.1, -0.05) is 39.7 Å². The highest BCUT2D eigenvalue weighted by Crippen LogP contribution is 2.52. The van der Waals surface area contributed by atoms with Gasteiger partial charge in [0.25, 0.3) is 5.60 Å². The molecule has 4 rings (SSSR count). The minimum Gasteiger partial charge on any atom is -0.449 e. The van der Waals surface area contributed by atoms with Crippen LogP contribution < -0.4 is 4.74 Å². The van der Waals surface area contributed by atoms with E-state index in [0.717, 1.165) is 23.5 Å². The van der Waals surface area contributed by atoms with Crippen LogP contribution in [0.3, 0.4) is 0 Å². The van der Waals surface area contributed by atoms with E-state index in [-0.39, 0.29) is 10.8 Å². The van der Waals surface area contributed by atoms with Gasteiger partial charge in [0.05, 0.1) is 21.3 Å². The van der Waals surface area contributed by atoms with Crippen molar-refractivity contribution in [2.75, 3.05) is 0 Å². The summed E-state index contributed by atoms with van der Waals surface area (Å²) in [5.41, 5.74) is -2.05. The molecule has 0 spiro atoms. The number of halogens is 6. The van der Waals surface area contributed by atoms with Crippen molar-refractivity contribution in [1.82, 2.24) is 0 Å². The molecule has 1 N–H and O–H groups in total. The minimum atomic E-state index is -4.93. The Morgan fingerprint density at radius 1 is 1.23 bits per heavy atom. The van der Waals surface area contributed by atoms with Gasteiger partial charge >= 0.3 is 12.3 Å². The zero-order valence-electron chi connectivity index (χ0n) is 14.8. The SMILES string of the molecule is O=C(O)Oc1sc(C2=NOC(c3cc(Cl)c(F)c(Cl)c3)(C(F)(F)F)C2)c2c1CCC2. The second-order valence-corrected chi connectivity index (χ2v) is 8.58. The van der Waals surface area contributed by atoms with Crippen LogP contribution in [0, 0.1) is 5.82 Å². The van der Waals surface area contributed by atoms with Gasteiger partial charge in [0.2, 0.25) is 0 Å². The monoisotopic (exact) mass is 483 g/mol. The van der Waals surface area contributed by atoms with Gasteiger partial charge in [-0.2, -0.15) is 13.2 Å². The topological polar surface area (TPSA) is 68.1 Å². The van der Waals surface area contributed by atoms with E-state index in [9.17, 15) is 22.4 Å². The van der Waals surface area contributed by atoms with E-state index in [1.165, 1.54) is 0 Å². The maximum atomic E-state index is 14.1. The van der Waals surface area contributed by atoms with E-state index >= 15 is 0 Å². The molecule has 0 saturated heterocycles. The second kappa shape index (κ2) is 7.28. The molecule has 1 aliphatic carbocycles. The van der Waals surface area contributed by atoms with Crippen LogP contribution in [0.2, 0.25) is 10.0 Å². The number of hydrogen-bond donors (Lipinski definition) is 1. The molecule has 160 valence electrons. The van der Waals surface area contributed by atoms with Crippen LogP contribution in [0.25, 0.3) is 0 Å². The normalized spacial score (nSPS) is 20.7. The van der Waals surface area contributed by atoms with E-state index in [1.807, 2.05) is 0 Å². The van der Waals surface area contributed by atoms with Crippen molar-refractivity contribution in [3.8, 4) is 5.06 Å². The van der Waals surface area contributed by atoms with Gasteiger partial charge in [0.15, 0.2) is 10.9 Å². The van der Waals surface area contributed by atoms with Crippen molar-refractivity contribution in [3.05, 3.63) is 49.6 Å². The Kier molecular flexibility index (Phi) is 5.14. The third-order valence-electron chi connectivity index (χ3n) is 5.01. The van der Waals surface area contributed by atoms with Gasteiger partial charge in [-0.15, -0.1) is 0 Å². The van der Waals surface area contributed by atoms with Crippen LogP contribution in [0.15, 0.2) is 17.3 Å². The molecule has 12 heteroatoms. The fourth-order valence-corrected chi connectivity index (χ4v) is 5.35. The molecular formula is C18H11Cl2F4NO4S. The number of alkyl halides is 3. The average Bonchev–Trinajstić information content (AvgIpc) is 3.34. The first kappa shape index (κ1) is 21.2. The average molecular weight is 484 g/mol. The summed E-state index contributed by atoms with van der Waals surface area (Å²) in [4.78, 5) is 16.2. The summed E-state index contributed by atoms with van der Waals surface area (Å²) in [6, 6.07) is 1.62. The highest BCUT2D eigenvalue weighted by atomic mass is 35.5. The summed E-state index contributed by atoms with van der Waals surface area (Å²) in [7, 11) is 0. The number of benzene rings is 1. The molecule has 5 nitrogen and oxygen atoms in total. The molecular weight excluding hydrogens is 473 g/mol. The molecule has 0 radical (unpaired) electrons. The van der Waals surface area contributed by atoms with Gasteiger partial charge in [0.1, 0.15) is 5.71 Å². The van der Waals surface area contributed by atoms with Crippen LogP contribution in [-0.2, 0) is 23.3 Å². The fourth-order valence-electron chi connectivity index (χ4n) is 3.64. The number of nitrogens with zero attached hydrogens (tertiary/aromatic N) is 1. The number of fused-ring (bicyclic) bond motifs is 1. The number of carboxylic acid groups (broad SMARTS) is 1. The molecule has 1 atom stereocenters. The number of ether oxygens (including phenoxy) is 1. The Bertz CT molecular complexity index is 1060. The van der Waals surface area contributed by atoms with Crippen molar-refractivity contribution in [2.24, 2.45) is 5.16 Å². The fraction of sp³-hybridized carbons (Fsp3) is 0.333. The van der Waals surface area contributed by atoms with Crippen molar-refractivity contribution in [1.29, 1.82) is 0 Å². The largest absolute Gasteiger partial charge is 0.512 e. The molecule has 0 fully saturated rings. The van der Waals surface area contributed by atoms with E-state index in [1.54, 1.807) is 0 Å². The molecule has 1 aliphatic heterocycles. The first-order valence-corrected chi connectivity index (χ1v) is 10.1. The lowest BCUT2D eigenvalue weighted by molar-refractivity contribution is -0.275. The maximum absolute atomic E-state index is 14.1. The van der Waals surface area contributed by atoms with Crippen molar-refractivity contribution in [2.45, 2.75) is 37.5 Å². The third kappa shape index (κ3) is 3.30. The van der Waals surface area contributed by atoms with Crippen LogP contribution in [0.5, 0.6) is 5.06 Å². The summed E-state index contributed by atoms with van der Waals surface area (Å²) in [5.74, 6) is -1.04. The molecule has 2 aromatic rings. The van der Waals surface area contributed by atoms with Crippen LogP contribution in [0.1, 0.15) is 34.4 Å². The number of oxime groups is 1. The van der Waals surface area contributed by atoms with Crippen LogP contribution >= 0.6 is 34.5 Å². The molecule has 1 unspecified atom stereocenters. The molecule has 30 heavy (non-hydrogen) atoms. The number of thiophene rings is 1. The Hall–Kier alpha value is -2.04. The van der Waals surface area contributed by atoms with Crippen molar-refractivity contribution < 1.29 is 37.0 Å². The van der Waals surface area contributed by atoms with Crippen LogP contribution in [-0.4, -0.2) is 23.1 Å². The summed E-state index contributed by atoms with van der Waals surface area (Å²) < 4.78 is 60.9. The Morgan fingerprint density at radius 3 is 2.47 bits per heavy atom. The number of rotatable bonds is 3. The van der Waals surface area contributed by atoms with Gasteiger partial charge in [-0.25, -0.2) is 9.18 Å². The minimum absolute atomic E-state index is 0.00714. The molecule has 1 aromatic heterocycles. The first-order chi connectivity index (χ1) is 14.0. The molecule has 2 aliphatic rings. The maximum Gasteiger partial charge on any atom is 0.512 e. The first-order valence-electron chi connectivity index (χ1n) is 8.56. The van der Waals surface area contributed by atoms with Crippen molar-refractivity contribution >= 4 is 46.4 Å². The Balaban J connectivity index is 1.76. The highest BCUT2D eigenvalue weighted by molar-refractivity contribution is 7.16. The third-order valence-corrected chi connectivity index (χ3v) is 6.76. The van der Waals surface area contributed by atoms with Gasteiger partial charge in [-0.05, 0) is 37.0 Å². The Morgan fingerprint density at radius 2 is 1.87 bits per heavy atom. The highest BCUT2D eigenvalue weighted by Gasteiger charge is 2.63. The molecule has 2 heterocycles. The number of hydrogen-bond acceptors (Lipinski definition) is 5. The van der Waals surface area contributed by atoms with Crippen molar-refractivity contribution in [3.63, 3.8) is 0 Å². The molecule has 1 aromatic carbocycles. The predicted molar refractivity (Wildman–Crippen MR) is 101 cm³/mol. The zero-order chi connectivity index (χ0) is 21.8. The Labute approximate surface area is 180 Å². The molecule has 0 amide bonds. The smallest absolute Gasteiger partial charge is 0.449 e. The number of carbonyl (C=O) groups is 1. The van der Waals surface area contributed by atoms with Gasteiger partial charge in [-0.3, -0.25) is 0 Å². The quantitative estimate of drug-likeness (QED) is 0.315. The van der Waals surface area contributed by atoms with E-state index in [4.69, 9.17) is 37.9 Å².